The van der Waals surface area contributed by atoms with E-state index in [1.54, 1.807) is 19.9 Å². The Morgan fingerprint density at radius 3 is 2.06 bits per heavy atom. The van der Waals surface area contributed by atoms with Crippen molar-refractivity contribution < 1.29 is 13.3 Å². The molecular weight excluding hydrogens is 376 g/mol. The SMILES string of the molecule is [2H]C([2H])([2H])C1(C)C2=C(c3ccc(O)cc31)C(C)(C([2H])([2H])[2H])c1cc(-c3cccc4ccccc34)ccc12. The molecule has 1 nitrogen and oxygen atoms in total. The predicted molar refractivity (Wildman–Crippen MR) is 130 cm³/mol. The fourth-order valence-electron chi connectivity index (χ4n) is 5.56. The van der Waals surface area contributed by atoms with Crippen LogP contribution < -0.4 is 0 Å². The molecule has 6 rings (SSSR count). The Balaban J connectivity index is 1.69. The van der Waals surface area contributed by atoms with Gasteiger partial charge < -0.3 is 5.11 Å². The zero-order chi connectivity index (χ0) is 26.5. The highest BCUT2D eigenvalue weighted by Gasteiger charge is 2.49. The van der Waals surface area contributed by atoms with Gasteiger partial charge in [-0.1, -0.05) is 88.2 Å². The summed E-state index contributed by atoms with van der Waals surface area (Å²) in [6.45, 7) is -1.58. The molecule has 2 aliphatic rings. The van der Waals surface area contributed by atoms with E-state index in [2.05, 4.69) is 0 Å². The number of hydrogen-bond acceptors (Lipinski definition) is 1. The molecule has 2 unspecified atom stereocenters. The van der Waals surface area contributed by atoms with Crippen LogP contribution >= 0.6 is 0 Å². The summed E-state index contributed by atoms with van der Waals surface area (Å²) in [6, 6.07) is 24.5. The van der Waals surface area contributed by atoms with E-state index in [1.165, 1.54) is 12.1 Å². The zero-order valence-electron chi connectivity index (χ0n) is 23.5. The second-order valence-electron chi connectivity index (χ2n) is 9.02. The predicted octanol–water partition coefficient (Wildman–Crippen LogP) is 7.71. The molecule has 0 saturated heterocycles. The van der Waals surface area contributed by atoms with Gasteiger partial charge in [-0.2, -0.15) is 0 Å². The van der Waals surface area contributed by atoms with Crippen molar-refractivity contribution in [3.05, 3.63) is 101 Å². The van der Waals surface area contributed by atoms with Gasteiger partial charge in [-0.3, -0.25) is 0 Å². The molecule has 0 amide bonds. The average Bonchev–Trinajstić information content (AvgIpc) is 3.27. The molecule has 1 heteroatoms. The van der Waals surface area contributed by atoms with E-state index in [9.17, 15) is 5.11 Å². The van der Waals surface area contributed by atoms with Crippen molar-refractivity contribution in [3.63, 3.8) is 0 Å². The van der Waals surface area contributed by atoms with Crippen LogP contribution in [0.25, 0.3) is 33.0 Å². The van der Waals surface area contributed by atoms with Gasteiger partial charge in [-0.25, -0.2) is 0 Å². The lowest BCUT2D eigenvalue weighted by molar-refractivity contribution is 0.473. The molecule has 0 spiro atoms. The fraction of sp³-hybridized carbons (Fsp3) is 0.200. The third kappa shape index (κ3) is 2.32. The Hall–Kier alpha value is -3.32. The van der Waals surface area contributed by atoms with Crippen LogP contribution in [0.3, 0.4) is 0 Å². The lowest BCUT2D eigenvalue weighted by Crippen LogP contribution is -2.19. The molecule has 0 heterocycles. The summed E-state index contributed by atoms with van der Waals surface area (Å²) < 4.78 is 51.7. The van der Waals surface area contributed by atoms with Crippen LogP contribution in [0.15, 0.2) is 78.9 Å². The van der Waals surface area contributed by atoms with Crippen LogP contribution in [0.1, 0.15) is 58.0 Å². The number of hydrogen-bond donors (Lipinski definition) is 1. The number of aromatic hydroxyl groups is 1. The van der Waals surface area contributed by atoms with Gasteiger partial charge in [0.2, 0.25) is 0 Å². The molecule has 152 valence electrons. The van der Waals surface area contributed by atoms with Gasteiger partial charge in [-0.15, -0.1) is 0 Å². The Bertz CT molecular complexity index is 1640. The van der Waals surface area contributed by atoms with Crippen molar-refractivity contribution in [1.29, 1.82) is 0 Å². The number of benzene rings is 4. The van der Waals surface area contributed by atoms with Crippen LogP contribution in [0.5, 0.6) is 5.75 Å². The minimum atomic E-state index is -2.47. The lowest BCUT2D eigenvalue weighted by Gasteiger charge is -2.28. The molecule has 0 fully saturated rings. The highest BCUT2D eigenvalue weighted by Crippen LogP contribution is 2.63. The van der Waals surface area contributed by atoms with Crippen LogP contribution in [-0.4, -0.2) is 5.11 Å². The van der Waals surface area contributed by atoms with E-state index < -0.39 is 24.5 Å². The van der Waals surface area contributed by atoms with E-state index in [1.807, 2.05) is 60.7 Å². The quantitative estimate of drug-likeness (QED) is 0.342. The van der Waals surface area contributed by atoms with Gasteiger partial charge >= 0.3 is 0 Å². The maximum atomic E-state index is 10.3. The molecule has 1 N–H and O–H groups in total. The molecular formula is C30H26O. The van der Waals surface area contributed by atoms with Gasteiger partial charge in [-0.05, 0) is 73.5 Å². The van der Waals surface area contributed by atoms with E-state index in [0.717, 1.165) is 21.9 Å². The van der Waals surface area contributed by atoms with Crippen molar-refractivity contribution in [1.82, 2.24) is 0 Å². The zero-order valence-corrected chi connectivity index (χ0v) is 17.5. The van der Waals surface area contributed by atoms with E-state index >= 15 is 0 Å². The van der Waals surface area contributed by atoms with E-state index in [0.29, 0.717) is 33.4 Å². The lowest BCUT2D eigenvalue weighted by atomic mass is 9.75. The van der Waals surface area contributed by atoms with Gasteiger partial charge in [0.25, 0.3) is 0 Å². The first-order chi connectivity index (χ1) is 17.3. The van der Waals surface area contributed by atoms with Crippen LogP contribution in [0.4, 0.5) is 0 Å². The summed E-state index contributed by atoms with van der Waals surface area (Å²) in [5, 5.41) is 12.4. The molecule has 0 aliphatic heterocycles. The third-order valence-corrected chi connectivity index (χ3v) is 6.99. The Kier molecular flexibility index (Phi) is 2.50. The highest BCUT2D eigenvalue weighted by molar-refractivity contribution is 6.10. The second kappa shape index (κ2) is 5.88. The number of phenols is 1. The molecule has 4 aromatic rings. The van der Waals surface area contributed by atoms with Crippen molar-refractivity contribution in [2.45, 2.75) is 38.4 Å². The minimum absolute atomic E-state index is 0.0440. The second-order valence-corrected chi connectivity index (χ2v) is 9.02. The number of phenolic OH excluding ortho intramolecular Hbond substituents is 1. The Labute approximate surface area is 192 Å². The summed E-state index contributed by atoms with van der Waals surface area (Å²) in [5.74, 6) is -0.0440. The molecule has 4 aromatic carbocycles. The number of fused-ring (bicyclic) bond motifs is 5. The van der Waals surface area contributed by atoms with E-state index in [-0.39, 0.29) is 5.75 Å². The average molecular weight is 409 g/mol. The largest absolute Gasteiger partial charge is 0.508 e. The van der Waals surface area contributed by atoms with Crippen LogP contribution in [0, 0.1) is 0 Å². The van der Waals surface area contributed by atoms with Crippen LogP contribution in [-0.2, 0) is 10.8 Å². The molecule has 2 atom stereocenters. The van der Waals surface area contributed by atoms with Gasteiger partial charge in [0.15, 0.2) is 0 Å². The first-order valence-corrected chi connectivity index (χ1v) is 10.5. The molecule has 0 radical (unpaired) electrons. The van der Waals surface area contributed by atoms with Gasteiger partial charge in [0, 0.05) is 19.1 Å². The first-order valence-electron chi connectivity index (χ1n) is 13.5. The number of rotatable bonds is 1. The number of allylic oxidation sites excluding steroid dienone is 2. The minimum Gasteiger partial charge on any atom is -0.508 e. The highest BCUT2D eigenvalue weighted by atomic mass is 16.3. The molecule has 0 bridgehead atoms. The maximum Gasteiger partial charge on any atom is 0.115 e. The van der Waals surface area contributed by atoms with Crippen molar-refractivity contribution in [2.75, 3.05) is 0 Å². The van der Waals surface area contributed by atoms with Gasteiger partial charge in [0.05, 0.1) is 0 Å². The van der Waals surface area contributed by atoms with Crippen molar-refractivity contribution in [2.24, 2.45) is 0 Å². The smallest absolute Gasteiger partial charge is 0.115 e. The van der Waals surface area contributed by atoms with Crippen molar-refractivity contribution >= 4 is 21.9 Å². The monoisotopic (exact) mass is 408 g/mol. The Morgan fingerprint density at radius 2 is 1.32 bits per heavy atom. The molecule has 2 aliphatic carbocycles. The standard InChI is InChI=1S/C30H26O/c1-29(2)25-16-19(22-11-7-9-18-8-5-6-10-21(18)22)12-14-23(25)27-28(29)24-15-13-20(31)17-26(24)30(27,3)4/h5-17,31H,1-4H3/i1D3,3D3. The third-order valence-electron chi connectivity index (χ3n) is 6.99. The topological polar surface area (TPSA) is 20.2 Å². The molecule has 0 aromatic heterocycles. The normalized spacial score (nSPS) is 27.4. The van der Waals surface area contributed by atoms with Crippen molar-refractivity contribution in [3.8, 4) is 16.9 Å². The fourth-order valence-corrected chi connectivity index (χ4v) is 5.56. The maximum absolute atomic E-state index is 10.3. The van der Waals surface area contributed by atoms with Crippen LogP contribution in [0.2, 0.25) is 0 Å². The first kappa shape index (κ1) is 13.2. The Morgan fingerprint density at radius 1 is 0.677 bits per heavy atom. The summed E-state index contributed by atoms with van der Waals surface area (Å²) in [6.07, 6.45) is 0. The van der Waals surface area contributed by atoms with Gasteiger partial charge in [0.1, 0.15) is 5.75 Å². The summed E-state index contributed by atoms with van der Waals surface area (Å²) >= 11 is 0. The van der Waals surface area contributed by atoms with E-state index in [4.69, 9.17) is 8.22 Å². The molecule has 31 heavy (non-hydrogen) atoms. The summed E-state index contributed by atoms with van der Waals surface area (Å²) in [4.78, 5) is 0. The molecule has 0 saturated carbocycles. The summed E-state index contributed by atoms with van der Waals surface area (Å²) in [7, 11) is 0. The summed E-state index contributed by atoms with van der Waals surface area (Å²) in [5.41, 5.74) is 2.27.